The highest BCUT2D eigenvalue weighted by molar-refractivity contribution is 6.35. The molecule has 1 saturated heterocycles. The van der Waals surface area contributed by atoms with Crippen molar-refractivity contribution in [2.75, 3.05) is 26.7 Å². The molecule has 0 saturated carbocycles. The number of nitrogens with zero attached hydrogens (tertiary/aromatic N) is 2. The molecule has 1 heterocycles. The molecule has 148 valence electrons. The summed E-state index contributed by atoms with van der Waals surface area (Å²) in [6.07, 6.45) is 1.32. The largest absolute Gasteiger partial charge is 0.469 e. The van der Waals surface area contributed by atoms with Crippen molar-refractivity contribution >= 4 is 41.0 Å². The maximum atomic E-state index is 13.0. The number of halogens is 2. The minimum Gasteiger partial charge on any atom is -0.469 e. The molecule has 0 N–H and O–H groups in total. The minimum atomic E-state index is -0.556. The van der Waals surface area contributed by atoms with Crippen LogP contribution in [-0.2, 0) is 14.3 Å². The number of methoxy groups -OCH3 is 1. The van der Waals surface area contributed by atoms with E-state index in [9.17, 15) is 14.4 Å². The zero-order valence-electron chi connectivity index (χ0n) is 15.7. The molecule has 1 aromatic carbocycles. The fourth-order valence-electron chi connectivity index (χ4n) is 3.30. The predicted octanol–water partition coefficient (Wildman–Crippen LogP) is 3.26. The van der Waals surface area contributed by atoms with E-state index in [0.717, 1.165) is 6.42 Å². The number of carbonyl (C=O) groups is 3. The summed E-state index contributed by atoms with van der Waals surface area (Å²) in [5.41, 5.74) is 0.359. The van der Waals surface area contributed by atoms with Gasteiger partial charge in [0.1, 0.15) is 6.04 Å². The van der Waals surface area contributed by atoms with Crippen molar-refractivity contribution in [2.24, 2.45) is 5.92 Å². The Morgan fingerprint density at radius 1 is 1.26 bits per heavy atom. The molecule has 1 fully saturated rings. The lowest BCUT2D eigenvalue weighted by Gasteiger charge is -2.31. The number of carbonyl (C=O) groups excluding carboxylic acids is 3. The first-order valence-electron chi connectivity index (χ1n) is 8.92. The van der Waals surface area contributed by atoms with E-state index >= 15 is 0 Å². The number of likely N-dealkylation sites (N-methyl/N-ethyl adjacent to an activating group) is 1. The van der Waals surface area contributed by atoms with Crippen LogP contribution < -0.4 is 0 Å². The lowest BCUT2D eigenvalue weighted by Crippen LogP contribution is -2.49. The highest BCUT2D eigenvalue weighted by atomic mass is 35.5. The van der Waals surface area contributed by atoms with Gasteiger partial charge in [-0.2, -0.15) is 0 Å². The molecule has 0 bridgehead atoms. The van der Waals surface area contributed by atoms with Crippen LogP contribution in [0.1, 0.15) is 37.0 Å². The standard InChI is InChI=1S/C19H24Cl2N2O4/c1-4-22(11-12(2)19(26)27-3)18(25)16-6-5-7-23(16)17(24)13-8-14(20)10-15(21)9-13/h8-10,12,16H,4-7,11H2,1-3H3. The van der Waals surface area contributed by atoms with Crippen LogP contribution in [-0.4, -0.2) is 60.4 Å². The molecule has 0 aliphatic carbocycles. The van der Waals surface area contributed by atoms with Gasteiger partial charge in [0.05, 0.1) is 13.0 Å². The molecule has 2 unspecified atom stereocenters. The number of benzene rings is 1. The average molecular weight is 415 g/mol. The number of amides is 2. The van der Waals surface area contributed by atoms with Gasteiger partial charge >= 0.3 is 5.97 Å². The quantitative estimate of drug-likeness (QED) is 0.669. The molecule has 2 atom stereocenters. The Morgan fingerprint density at radius 2 is 1.89 bits per heavy atom. The summed E-state index contributed by atoms with van der Waals surface area (Å²) in [4.78, 5) is 40.8. The van der Waals surface area contributed by atoms with Gasteiger partial charge in [0.15, 0.2) is 0 Å². The van der Waals surface area contributed by atoms with E-state index in [1.54, 1.807) is 34.9 Å². The minimum absolute atomic E-state index is 0.160. The first kappa shape index (κ1) is 21.5. The lowest BCUT2D eigenvalue weighted by molar-refractivity contribution is -0.147. The van der Waals surface area contributed by atoms with Crippen LogP contribution in [0.5, 0.6) is 0 Å². The molecule has 1 aromatic rings. The lowest BCUT2D eigenvalue weighted by atomic mass is 10.1. The van der Waals surface area contributed by atoms with Crippen LogP contribution in [0.25, 0.3) is 0 Å². The predicted molar refractivity (Wildman–Crippen MR) is 104 cm³/mol. The van der Waals surface area contributed by atoms with Crippen LogP contribution in [0, 0.1) is 5.92 Å². The van der Waals surface area contributed by atoms with Crippen molar-refractivity contribution in [1.29, 1.82) is 0 Å². The molecule has 1 aliphatic rings. The summed E-state index contributed by atoms with van der Waals surface area (Å²) in [6.45, 7) is 4.75. The van der Waals surface area contributed by atoms with Crippen LogP contribution in [0.3, 0.4) is 0 Å². The van der Waals surface area contributed by atoms with Crippen LogP contribution in [0.4, 0.5) is 0 Å². The molecule has 27 heavy (non-hydrogen) atoms. The Bertz CT molecular complexity index is 705. The van der Waals surface area contributed by atoms with E-state index in [2.05, 4.69) is 0 Å². The molecule has 2 amide bonds. The van der Waals surface area contributed by atoms with Gasteiger partial charge in [-0.15, -0.1) is 0 Å². The van der Waals surface area contributed by atoms with Crippen LogP contribution >= 0.6 is 23.2 Å². The summed E-state index contributed by atoms with van der Waals surface area (Å²) in [5, 5.41) is 0.741. The summed E-state index contributed by atoms with van der Waals surface area (Å²) in [6, 6.07) is 4.10. The molecule has 0 spiro atoms. The second kappa shape index (κ2) is 9.42. The zero-order chi connectivity index (χ0) is 20.1. The van der Waals surface area contributed by atoms with E-state index in [1.807, 2.05) is 6.92 Å². The first-order chi connectivity index (χ1) is 12.8. The maximum absolute atomic E-state index is 13.0. The summed E-state index contributed by atoms with van der Waals surface area (Å²) in [7, 11) is 1.32. The summed E-state index contributed by atoms with van der Waals surface area (Å²) < 4.78 is 4.74. The Labute approximate surface area is 169 Å². The number of hydrogen-bond donors (Lipinski definition) is 0. The number of ether oxygens (including phenoxy) is 1. The van der Waals surface area contributed by atoms with Crippen molar-refractivity contribution < 1.29 is 19.1 Å². The van der Waals surface area contributed by atoms with E-state index in [4.69, 9.17) is 27.9 Å². The second-order valence-corrected chi connectivity index (χ2v) is 7.49. The molecular formula is C19H24Cl2N2O4. The molecule has 0 radical (unpaired) electrons. The molecule has 0 aromatic heterocycles. The van der Waals surface area contributed by atoms with Gasteiger partial charge < -0.3 is 14.5 Å². The monoisotopic (exact) mass is 414 g/mol. The average Bonchev–Trinajstić information content (AvgIpc) is 3.12. The Hall–Kier alpha value is -1.79. The number of rotatable bonds is 6. The summed E-state index contributed by atoms with van der Waals surface area (Å²) in [5.74, 6) is -1.23. The van der Waals surface area contributed by atoms with Gasteiger partial charge in [0.25, 0.3) is 5.91 Å². The summed E-state index contributed by atoms with van der Waals surface area (Å²) >= 11 is 12.0. The Balaban J connectivity index is 2.16. The van der Waals surface area contributed by atoms with Crippen molar-refractivity contribution in [3.63, 3.8) is 0 Å². The number of hydrogen-bond acceptors (Lipinski definition) is 4. The molecule has 2 rings (SSSR count). The van der Waals surface area contributed by atoms with Crippen molar-refractivity contribution in [2.45, 2.75) is 32.7 Å². The smallest absolute Gasteiger partial charge is 0.310 e. The third-order valence-electron chi connectivity index (χ3n) is 4.70. The van der Waals surface area contributed by atoms with E-state index in [0.29, 0.717) is 35.1 Å². The SMILES string of the molecule is CCN(CC(C)C(=O)OC)C(=O)C1CCCN1C(=O)c1cc(Cl)cc(Cl)c1. The number of esters is 1. The zero-order valence-corrected chi connectivity index (χ0v) is 17.2. The third-order valence-corrected chi connectivity index (χ3v) is 5.14. The van der Waals surface area contributed by atoms with Gasteiger partial charge in [-0.1, -0.05) is 30.1 Å². The van der Waals surface area contributed by atoms with Crippen LogP contribution in [0.15, 0.2) is 18.2 Å². The number of likely N-dealkylation sites (tertiary alicyclic amines) is 1. The normalized spacial score (nSPS) is 17.5. The molecule has 6 nitrogen and oxygen atoms in total. The third kappa shape index (κ3) is 5.14. The fourth-order valence-corrected chi connectivity index (χ4v) is 3.83. The first-order valence-corrected chi connectivity index (χ1v) is 9.67. The van der Waals surface area contributed by atoms with Gasteiger partial charge in [-0.3, -0.25) is 14.4 Å². The van der Waals surface area contributed by atoms with Crippen molar-refractivity contribution in [3.8, 4) is 0 Å². The topological polar surface area (TPSA) is 66.9 Å². The molecular weight excluding hydrogens is 391 g/mol. The van der Waals surface area contributed by atoms with Crippen molar-refractivity contribution in [1.82, 2.24) is 9.80 Å². The van der Waals surface area contributed by atoms with Gasteiger partial charge in [0.2, 0.25) is 5.91 Å². The van der Waals surface area contributed by atoms with Gasteiger partial charge in [-0.25, -0.2) is 0 Å². The highest BCUT2D eigenvalue weighted by Crippen LogP contribution is 2.25. The highest BCUT2D eigenvalue weighted by Gasteiger charge is 2.37. The molecule has 1 aliphatic heterocycles. The molecule has 8 heteroatoms. The van der Waals surface area contributed by atoms with Crippen LogP contribution in [0.2, 0.25) is 10.0 Å². The second-order valence-electron chi connectivity index (χ2n) is 6.62. The Morgan fingerprint density at radius 3 is 2.44 bits per heavy atom. The maximum Gasteiger partial charge on any atom is 0.310 e. The Kier molecular flexibility index (Phi) is 7.50. The van der Waals surface area contributed by atoms with E-state index in [-0.39, 0.29) is 24.3 Å². The van der Waals surface area contributed by atoms with Crippen molar-refractivity contribution in [3.05, 3.63) is 33.8 Å². The van der Waals surface area contributed by atoms with E-state index < -0.39 is 12.0 Å². The van der Waals surface area contributed by atoms with E-state index in [1.165, 1.54) is 7.11 Å². The fraction of sp³-hybridized carbons (Fsp3) is 0.526. The van der Waals surface area contributed by atoms with Gasteiger partial charge in [0, 0.05) is 35.2 Å². The van der Waals surface area contributed by atoms with Gasteiger partial charge in [-0.05, 0) is 38.0 Å².